The van der Waals surface area contributed by atoms with Crippen LogP contribution in [-0.4, -0.2) is 41.6 Å². The Bertz CT molecular complexity index is 417. The van der Waals surface area contributed by atoms with Gasteiger partial charge in [-0.3, -0.25) is 4.90 Å². The molecule has 0 atom stereocenters. The molecule has 0 bridgehead atoms. The fourth-order valence-corrected chi connectivity index (χ4v) is 4.42. The highest BCUT2D eigenvalue weighted by molar-refractivity contribution is 8.00. The summed E-state index contributed by atoms with van der Waals surface area (Å²) in [6, 6.07) is 11.6. The zero-order chi connectivity index (χ0) is 14.5. The van der Waals surface area contributed by atoms with E-state index in [0.29, 0.717) is 4.75 Å². The fourth-order valence-electron chi connectivity index (χ4n) is 3.49. The summed E-state index contributed by atoms with van der Waals surface area (Å²) >= 11 is 2.08. The van der Waals surface area contributed by atoms with E-state index >= 15 is 0 Å². The molecule has 0 unspecified atom stereocenters. The summed E-state index contributed by atoms with van der Waals surface area (Å²) in [6.45, 7) is 4.80. The highest BCUT2D eigenvalue weighted by Gasteiger charge is 2.36. The topological polar surface area (TPSA) is 15.3 Å². The summed E-state index contributed by atoms with van der Waals surface area (Å²) < 4.78 is 0.571. The lowest BCUT2D eigenvalue weighted by Crippen LogP contribution is -2.49. The van der Waals surface area contributed by atoms with Crippen molar-refractivity contribution in [2.75, 3.05) is 25.9 Å². The maximum absolute atomic E-state index is 3.85. The maximum atomic E-state index is 3.85. The van der Waals surface area contributed by atoms with Gasteiger partial charge >= 0.3 is 0 Å². The molecule has 1 aliphatic heterocycles. The van der Waals surface area contributed by atoms with E-state index in [2.05, 4.69) is 58.6 Å². The average molecular weight is 305 g/mol. The number of hydrogen-bond acceptors (Lipinski definition) is 3. The van der Waals surface area contributed by atoms with Gasteiger partial charge in [-0.2, -0.15) is 11.8 Å². The summed E-state index contributed by atoms with van der Waals surface area (Å²) in [7, 11) is 0. The Balaban J connectivity index is 1.39. The lowest BCUT2D eigenvalue weighted by molar-refractivity contribution is 0.185. The van der Waals surface area contributed by atoms with Crippen LogP contribution in [0.5, 0.6) is 0 Å². The van der Waals surface area contributed by atoms with Crippen LogP contribution in [-0.2, 0) is 6.54 Å². The van der Waals surface area contributed by atoms with Gasteiger partial charge in [0.05, 0.1) is 0 Å². The second-order valence-corrected chi connectivity index (χ2v) is 7.93. The van der Waals surface area contributed by atoms with Crippen LogP contribution >= 0.6 is 11.8 Å². The lowest BCUT2D eigenvalue weighted by atomic mass is 9.84. The van der Waals surface area contributed by atoms with Crippen molar-refractivity contribution in [1.82, 2.24) is 10.2 Å². The molecule has 3 rings (SSSR count). The normalized spacial score (nSPS) is 22.9. The molecular formula is C18H28N2S. The van der Waals surface area contributed by atoms with Crippen molar-refractivity contribution >= 4 is 11.8 Å². The maximum Gasteiger partial charge on any atom is 0.0281 e. The Hall–Kier alpha value is -0.510. The van der Waals surface area contributed by atoms with Gasteiger partial charge in [-0.15, -0.1) is 0 Å². The van der Waals surface area contributed by atoms with E-state index in [1.807, 2.05) is 0 Å². The molecule has 21 heavy (non-hydrogen) atoms. The molecule has 0 amide bonds. The van der Waals surface area contributed by atoms with E-state index in [-0.39, 0.29) is 0 Å². The first kappa shape index (κ1) is 15.4. The first-order chi connectivity index (χ1) is 10.3. The largest absolute Gasteiger partial charge is 0.313 e. The molecule has 1 aliphatic carbocycles. The number of nitrogens with one attached hydrogen (secondary N) is 1. The minimum Gasteiger partial charge on any atom is -0.313 e. The Morgan fingerprint density at radius 2 is 1.90 bits per heavy atom. The van der Waals surface area contributed by atoms with Crippen LogP contribution in [0.4, 0.5) is 0 Å². The molecule has 0 aromatic heterocycles. The molecule has 2 aliphatic rings. The third-order valence-corrected chi connectivity index (χ3v) is 6.67. The van der Waals surface area contributed by atoms with Gasteiger partial charge in [-0.05, 0) is 50.6 Å². The van der Waals surface area contributed by atoms with Crippen molar-refractivity contribution in [2.24, 2.45) is 0 Å². The third-order valence-electron chi connectivity index (χ3n) is 5.25. The predicted octanol–water partition coefficient (Wildman–Crippen LogP) is 3.53. The Kier molecular flexibility index (Phi) is 5.25. The minimum absolute atomic E-state index is 0.571. The molecule has 0 radical (unpaired) electrons. The standard InChI is InChI=1S/C18H28N2S/c1-21-18(10-5-11-18)15-19-17-8-12-20(13-9-17)14-16-6-3-2-4-7-16/h2-4,6-7,17,19H,5,8-15H2,1H3. The van der Waals surface area contributed by atoms with E-state index in [4.69, 9.17) is 0 Å². The predicted molar refractivity (Wildman–Crippen MR) is 92.8 cm³/mol. The lowest BCUT2D eigenvalue weighted by Gasteiger charge is -2.42. The van der Waals surface area contributed by atoms with Crippen LogP contribution in [0, 0.1) is 0 Å². The van der Waals surface area contributed by atoms with Crippen LogP contribution in [0.2, 0.25) is 0 Å². The van der Waals surface area contributed by atoms with Crippen molar-refractivity contribution in [1.29, 1.82) is 0 Å². The van der Waals surface area contributed by atoms with Crippen LogP contribution in [0.3, 0.4) is 0 Å². The van der Waals surface area contributed by atoms with Gasteiger partial charge in [0.25, 0.3) is 0 Å². The molecule has 2 fully saturated rings. The van der Waals surface area contributed by atoms with Crippen molar-refractivity contribution < 1.29 is 0 Å². The second kappa shape index (κ2) is 7.17. The highest BCUT2D eigenvalue weighted by Crippen LogP contribution is 2.42. The Morgan fingerprint density at radius 1 is 1.19 bits per heavy atom. The molecule has 2 nitrogen and oxygen atoms in total. The van der Waals surface area contributed by atoms with Crippen LogP contribution < -0.4 is 5.32 Å². The monoisotopic (exact) mass is 304 g/mol. The van der Waals surface area contributed by atoms with E-state index in [9.17, 15) is 0 Å². The number of nitrogens with zero attached hydrogens (tertiary/aromatic N) is 1. The van der Waals surface area contributed by atoms with Gasteiger partial charge in [-0.1, -0.05) is 36.8 Å². The summed E-state index contributed by atoms with van der Waals surface area (Å²) in [5.74, 6) is 0. The number of piperidine rings is 1. The quantitative estimate of drug-likeness (QED) is 0.865. The average Bonchev–Trinajstić information content (AvgIpc) is 2.49. The van der Waals surface area contributed by atoms with Crippen molar-refractivity contribution in [2.45, 2.75) is 49.4 Å². The third kappa shape index (κ3) is 4.02. The molecule has 3 heteroatoms. The first-order valence-electron chi connectivity index (χ1n) is 8.34. The van der Waals surface area contributed by atoms with E-state index < -0.39 is 0 Å². The number of benzene rings is 1. The van der Waals surface area contributed by atoms with E-state index in [0.717, 1.165) is 12.6 Å². The SMILES string of the molecule is CSC1(CNC2CCN(Cc3ccccc3)CC2)CCC1. The number of rotatable bonds is 6. The Morgan fingerprint density at radius 3 is 2.48 bits per heavy atom. The minimum atomic E-state index is 0.571. The zero-order valence-electron chi connectivity index (χ0n) is 13.2. The second-order valence-electron chi connectivity index (χ2n) is 6.66. The molecule has 1 N–H and O–H groups in total. The van der Waals surface area contributed by atoms with Gasteiger partial charge in [0.15, 0.2) is 0 Å². The van der Waals surface area contributed by atoms with Crippen LogP contribution in [0.15, 0.2) is 30.3 Å². The van der Waals surface area contributed by atoms with E-state index in [1.54, 1.807) is 0 Å². The smallest absolute Gasteiger partial charge is 0.0281 e. The zero-order valence-corrected chi connectivity index (χ0v) is 14.0. The molecule has 116 valence electrons. The van der Waals surface area contributed by atoms with Gasteiger partial charge < -0.3 is 5.32 Å². The Labute approximate surface area is 133 Å². The summed E-state index contributed by atoms with van der Waals surface area (Å²) in [4.78, 5) is 2.60. The molecule has 1 aromatic carbocycles. The van der Waals surface area contributed by atoms with Crippen molar-refractivity contribution in [3.63, 3.8) is 0 Å². The molecule has 0 spiro atoms. The van der Waals surface area contributed by atoms with Gasteiger partial charge in [0, 0.05) is 23.9 Å². The molecule has 1 saturated heterocycles. The van der Waals surface area contributed by atoms with Gasteiger partial charge in [-0.25, -0.2) is 0 Å². The highest BCUT2D eigenvalue weighted by atomic mass is 32.2. The fraction of sp³-hybridized carbons (Fsp3) is 0.667. The molecule has 1 saturated carbocycles. The van der Waals surface area contributed by atoms with Gasteiger partial charge in [0.2, 0.25) is 0 Å². The number of thioether (sulfide) groups is 1. The molecule has 1 heterocycles. The van der Waals surface area contributed by atoms with Crippen molar-refractivity contribution in [3.05, 3.63) is 35.9 Å². The molecular weight excluding hydrogens is 276 g/mol. The number of likely N-dealkylation sites (tertiary alicyclic amines) is 1. The summed E-state index contributed by atoms with van der Waals surface area (Å²) in [5.41, 5.74) is 1.44. The summed E-state index contributed by atoms with van der Waals surface area (Å²) in [5, 5.41) is 3.85. The van der Waals surface area contributed by atoms with Crippen molar-refractivity contribution in [3.8, 4) is 0 Å². The van der Waals surface area contributed by atoms with Crippen LogP contribution in [0.1, 0.15) is 37.7 Å². The number of hydrogen-bond donors (Lipinski definition) is 1. The van der Waals surface area contributed by atoms with Gasteiger partial charge in [0.1, 0.15) is 0 Å². The first-order valence-corrected chi connectivity index (χ1v) is 9.57. The molecule has 1 aromatic rings. The van der Waals surface area contributed by atoms with E-state index in [1.165, 1.54) is 57.3 Å². The summed E-state index contributed by atoms with van der Waals surface area (Å²) in [6.07, 6.45) is 9.14. The van der Waals surface area contributed by atoms with Crippen LogP contribution in [0.25, 0.3) is 0 Å².